The summed E-state index contributed by atoms with van der Waals surface area (Å²) >= 11 is 3.47. The lowest BCUT2D eigenvalue weighted by Crippen LogP contribution is -2.27. The van der Waals surface area contributed by atoms with Crippen LogP contribution in [0.25, 0.3) is 0 Å². The van der Waals surface area contributed by atoms with Gasteiger partial charge in [-0.2, -0.15) is 0 Å². The second-order valence-corrected chi connectivity index (χ2v) is 4.93. The molecule has 0 spiro atoms. The molecular weight excluding hydrogens is 258 g/mol. The van der Waals surface area contributed by atoms with E-state index in [1.165, 1.54) is 0 Å². The highest BCUT2D eigenvalue weighted by Gasteiger charge is 2.41. The van der Waals surface area contributed by atoms with Gasteiger partial charge in [-0.25, -0.2) is 0 Å². The summed E-state index contributed by atoms with van der Waals surface area (Å²) in [6.07, 6.45) is 0. The molecule has 4 heteroatoms. The zero-order valence-electron chi connectivity index (χ0n) is 8.85. The van der Waals surface area contributed by atoms with Crippen molar-refractivity contribution >= 4 is 27.5 Å². The molecule has 0 unspecified atom stereocenters. The summed E-state index contributed by atoms with van der Waals surface area (Å²) in [6, 6.07) is 3.74. The Morgan fingerprint density at radius 3 is 2.67 bits per heavy atom. The number of nitrogens with one attached hydrogen (secondary N) is 1. The summed E-state index contributed by atoms with van der Waals surface area (Å²) in [5.41, 5.74) is 1.23. The van der Waals surface area contributed by atoms with Crippen molar-refractivity contribution < 1.29 is 9.53 Å². The Morgan fingerprint density at radius 1 is 1.40 bits per heavy atom. The van der Waals surface area contributed by atoms with Gasteiger partial charge >= 0.3 is 0 Å². The minimum atomic E-state index is -0.511. The summed E-state index contributed by atoms with van der Waals surface area (Å²) in [5.74, 6) is 0.704. The van der Waals surface area contributed by atoms with E-state index in [2.05, 4.69) is 21.2 Å². The summed E-state index contributed by atoms with van der Waals surface area (Å²) in [6.45, 7) is 3.80. The van der Waals surface area contributed by atoms with Crippen molar-refractivity contribution in [2.75, 3.05) is 12.4 Å². The smallest absolute Gasteiger partial charge is 0.234 e. The molecule has 0 aromatic heterocycles. The van der Waals surface area contributed by atoms with Crippen LogP contribution >= 0.6 is 15.9 Å². The lowest BCUT2D eigenvalue weighted by molar-refractivity contribution is -0.119. The molecule has 0 aliphatic carbocycles. The number of anilines is 1. The van der Waals surface area contributed by atoms with E-state index in [4.69, 9.17) is 4.74 Å². The second kappa shape index (κ2) is 3.23. The van der Waals surface area contributed by atoms with Crippen molar-refractivity contribution in [3.8, 4) is 5.75 Å². The van der Waals surface area contributed by atoms with E-state index in [1.807, 2.05) is 26.0 Å². The van der Waals surface area contributed by atoms with Crippen LogP contribution in [0.4, 0.5) is 5.69 Å². The average Bonchev–Trinajstić information content (AvgIpc) is 2.40. The fraction of sp³-hybridized carbons (Fsp3) is 0.364. The Hall–Kier alpha value is -1.03. The molecule has 1 amide bonds. The van der Waals surface area contributed by atoms with Crippen LogP contribution in [0.3, 0.4) is 0 Å². The number of benzene rings is 1. The number of fused-ring (bicyclic) bond motifs is 1. The third-order valence-corrected chi connectivity index (χ3v) is 3.43. The van der Waals surface area contributed by atoms with Gasteiger partial charge in [0.2, 0.25) is 5.91 Å². The minimum absolute atomic E-state index is 0.00250. The summed E-state index contributed by atoms with van der Waals surface area (Å²) in [4.78, 5) is 11.8. The monoisotopic (exact) mass is 269 g/mol. The van der Waals surface area contributed by atoms with Crippen molar-refractivity contribution in [2.24, 2.45) is 0 Å². The lowest BCUT2D eigenvalue weighted by Gasteiger charge is -2.17. The molecule has 1 aromatic rings. The van der Waals surface area contributed by atoms with Crippen molar-refractivity contribution in [1.29, 1.82) is 0 Å². The Bertz CT molecular complexity index is 440. The van der Waals surface area contributed by atoms with Crippen LogP contribution in [-0.4, -0.2) is 13.0 Å². The number of amides is 1. The number of carbonyl (C=O) groups is 1. The zero-order chi connectivity index (χ0) is 11.2. The van der Waals surface area contributed by atoms with E-state index in [9.17, 15) is 4.79 Å². The molecular formula is C11H12BrNO2. The van der Waals surface area contributed by atoms with Gasteiger partial charge in [0.1, 0.15) is 5.75 Å². The van der Waals surface area contributed by atoms with Crippen LogP contribution in [0.2, 0.25) is 0 Å². The maximum absolute atomic E-state index is 11.8. The van der Waals surface area contributed by atoms with Gasteiger partial charge in [-0.05, 0) is 26.0 Å². The van der Waals surface area contributed by atoms with E-state index in [1.54, 1.807) is 7.11 Å². The van der Waals surface area contributed by atoms with Crippen LogP contribution in [0.5, 0.6) is 5.75 Å². The number of methoxy groups -OCH3 is 1. The van der Waals surface area contributed by atoms with Gasteiger partial charge in [0, 0.05) is 10.0 Å². The second-order valence-electron chi connectivity index (χ2n) is 4.08. The van der Waals surface area contributed by atoms with E-state index in [-0.39, 0.29) is 5.91 Å². The number of carbonyl (C=O) groups excluding carboxylic acids is 1. The van der Waals surface area contributed by atoms with Crippen LogP contribution in [0, 0.1) is 0 Å². The largest absolute Gasteiger partial charge is 0.495 e. The van der Waals surface area contributed by atoms with Gasteiger partial charge < -0.3 is 10.1 Å². The van der Waals surface area contributed by atoms with E-state index in [0.29, 0.717) is 5.75 Å². The topological polar surface area (TPSA) is 38.3 Å². The fourth-order valence-corrected chi connectivity index (χ4v) is 2.67. The Labute approximate surface area is 96.9 Å². The third-order valence-electron chi connectivity index (χ3n) is 2.77. The molecule has 0 atom stereocenters. The van der Waals surface area contributed by atoms with Crippen molar-refractivity contribution in [1.82, 2.24) is 0 Å². The maximum Gasteiger partial charge on any atom is 0.234 e. The molecule has 0 fully saturated rings. The summed E-state index contributed by atoms with van der Waals surface area (Å²) < 4.78 is 6.15. The predicted molar refractivity (Wildman–Crippen MR) is 62.3 cm³/mol. The molecule has 0 bridgehead atoms. The fourth-order valence-electron chi connectivity index (χ4n) is 1.85. The Morgan fingerprint density at radius 2 is 2.07 bits per heavy atom. The van der Waals surface area contributed by atoms with E-state index in [0.717, 1.165) is 15.7 Å². The lowest BCUT2D eigenvalue weighted by atomic mass is 9.86. The van der Waals surface area contributed by atoms with Gasteiger partial charge in [0.25, 0.3) is 0 Å². The summed E-state index contributed by atoms with van der Waals surface area (Å²) in [5, 5.41) is 2.85. The molecule has 1 aliphatic rings. The number of halogens is 1. The molecule has 1 aromatic carbocycles. The van der Waals surface area contributed by atoms with Crippen LogP contribution in [0.15, 0.2) is 16.6 Å². The first-order valence-corrected chi connectivity index (χ1v) is 5.46. The molecule has 2 rings (SSSR count). The van der Waals surface area contributed by atoms with Crippen molar-refractivity contribution in [3.05, 3.63) is 22.2 Å². The SMILES string of the molecule is COc1ccc(Br)c2c1NC(=O)C2(C)C. The highest BCUT2D eigenvalue weighted by molar-refractivity contribution is 9.10. The number of hydrogen-bond donors (Lipinski definition) is 1. The first-order valence-electron chi connectivity index (χ1n) is 4.67. The summed E-state index contributed by atoms with van der Waals surface area (Å²) in [7, 11) is 1.60. The Kier molecular flexibility index (Phi) is 2.26. The molecule has 0 saturated carbocycles. The number of hydrogen-bond acceptors (Lipinski definition) is 2. The first kappa shape index (κ1) is 10.5. The highest BCUT2D eigenvalue weighted by Crippen LogP contribution is 2.46. The standard InChI is InChI=1S/C11H12BrNO2/c1-11(2)8-6(12)4-5-7(15-3)9(8)13-10(11)14/h4-5H,1-3H3,(H,13,14). The molecule has 1 N–H and O–H groups in total. The van der Waals surface area contributed by atoms with Crippen molar-refractivity contribution in [2.45, 2.75) is 19.3 Å². The van der Waals surface area contributed by atoms with Gasteiger partial charge in [0.15, 0.2) is 0 Å². The number of rotatable bonds is 1. The molecule has 0 radical (unpaired) electrons. The molecule has 1 aliphatic heterocycles. The van der Waals surface area contributed by atoms with E-state index >= 15 is 0 Å². The van der Waals surface area contributed by atoms with Crippen LogP contribution in [0.1, 0.15) is 19.4 Å². The van der Waals surface area contributed by atoms with Gasteiger partial charge in [-0.3, -0.25) is 4.79 Å². The van der Waals surface area contributed by atoms with Crippen molar-refractivity contribution in [3.63, 3.8) is 0 Å². The molecule has 15 heavy (non-hydrogen) atoms. The first-order chi connectivity index (χ1) is 6.98. The number of ether oxygens (including phenoxy) is 1. The molecule has 3 nitrogen and oxygen atoms in total. The third kappa shape index (κ3) is 1.35. The zero-order valence-corrected chi connectivity index (χ0v) is 10.4. The average molecular weight is 270 g/mol. The predicted octanol–water partition coefficient (Wildman–Crippen LogP) is 2.69. The Balaban J connectivity index is 2.72. The normalized spacial score (nSPS) is 17.2. The maximum atomic E-state index is 11.8. The van der Waals surface area contributed by atoms with Gasteiger partial charge in [-0.15, -0.1) is 0 Å². The van der Waals surface area contributed by atoms with Crippen LogP contribution < -0.4 is 10.1 Å². The van der Waals surface area contributed by atoms with Gasteiger partial charge in [0.05, 0.1) is 18.2 Å². The minimum Gasteiger partial charge on any atom is -0.495 e. The van der Waals surface area contributed by atoms with Gasteiger partial charge in [-0.1, -0.05) is 15.9 Å². The highest BCUT2D eigenvalue weighted by atomic mass is 79.9. The molecule has 0 saturated heterocycles. The van der Waals surface area contributed by atoms with Crippen LogP contribution in [-0.2, 0) is 10.2 Å². The molecule has 1 heterocycles. The molecule has 80 valence electrons. The quantitative estimate of drug-likeness (QED) is 0.852. The van der Waals surface area contributed by atoms with E-state index < -0.39 is 5.41 Å².